The zero-order valence-corrected chi connectivity index (χ0v) is 20.8. The van der Waals surface area contributed by atoms with E-state index in [-0.39, 0.29) is 35.2 Å². The van der Waals surface area contributed by atoms with Crippen molar-refractivity contribution >= 4 is 28.0 Å². The smallest absolute Gasteiger partial charge is 0.293 e. The van der Waals surface area contributed by atoms with Gasteiger partial charge in [0.2, 0.25) is 5.95 Å². The van der Waals surface area contributed by atoms with Crippen LogP contribution in [-0.2, 0) is 20.1 Å². The first-order valence-corrected chi connectivity index (χ1v) is 11.5. The zero-order chi connectivity index (χ0) is 25.3. The molecule has 1 aromatic carbocycles. The molecule has 0 aliphatic heterocycles. The Balaban J connectivity index is 1.88. The predicted molar refractivity (Wildman–Crippen MR) is 138 cm³/mol. The van der Waals surface area contributed by atoms with Crippen LogP contribution in [0.25, 0.3) is 22.1 Å². The van der Waals surface area contributed by atoms with Crippen molar-refractivity contribution in [3.8, 4) is 11.8 Å². The molecule has 0 saturated carbocycles. The summed E-state index contributed by atoms with van der Waals surface area (Å²) in [6.45, 7) is 7.21. The fourth-order valence-electron chi connectivity index (χ4n) is 4.08. The number of nitrogens with two attached hydrogens (primary N) is 1. The van der Waals surface area contributed by atoms with Crippen LogP contribution in [0.3, 0.4) is 0 Å². The predicted octanol–water partition coefficient (Wildman–Crippen LogP) is 1.31. The summed E-state index contributed by atoms with van der Waals surface area (Å²) in [5.74, 6) is 6.39. The Morgan fingerprint density at radius 2 is 1.77 bits per heavy atom. The van der Waals surface area contributed by atoms with Gasteiger partial charge in [0.25, 0.3) is 11.1 Å². The summed E-state index contributed by atoms with van der Waals surface area (Å²) in [6, 6.07) is 5.69. The van der Waals surface area contributed by atoms with Crippen LogP contribution in [0.2, 0.25) is 0 Å². The first kappa shape index (κ1) is 24.2. The number of benzene rings is 1. The van der Waals surface area contributed by atoms with Gasteiger partial charge in [0.15, 0.2) is 5.52 Å². The van der Waals surface area contributed by atoms with Crippen molar-refractivity contribution in [1.82, 2.24) is 28.9 Å². The van der Waals surface area contributed by atoms with Gasteiger partial charge in [-0.3, -0.25) is 14.2 Å². The molecule has 0 unspecified atom stereocenters. The van der Waals surface area contributed by atoms with E-state index in [1.807, 2.05) is 44.0 Å². The molecule has 0 aliphatic rings. The fourth-order valence-corrected chi connectivity index (χ4v) is 4.08. The molecule has 2 N–H and O–H groups in total. The van der Waals surface area contributed by atoms with Crippen LogP contribution < -0.4 is 21.8 Å². The average molecular weight is 475 g/mol. The maximum Gasteiger partial charge on any atom is 0.293 e. The topological polar surface area (TPSA) is 117 Å². The lowest BCUT2D eigenvalue weighted by Crippen LogP contribution is -2.38. The highest BCUT2D eigenvalue weighted by Gasteiger charge is 2.22. The number of hydrogen-bond donors (Lipinski definition) is 1. The lowest BCUT2D eigenvalue weighted by Gasteiger charge is -2.18. The van der Waals surface area contributed by atoms with Crippen molar-refractivity contribution in [2.75, 3.05) is 25.0 Å². The quantitative estimate of drug-likeness (QED) is 0.402. The van der Waals surface area contributed by atoms with E-state index in [0.717, 1.165) is 34.4 Å². The van der Waals surface area contributed by atoms with Crippen molar-refractivity contribution in [2.45, 2.75) is 40.3 Å². The van der Waals surface area contributed by atoms with Gasteiger partial charge in [-0.25, -0.2) is 24.3 Å². The third-order valence-corrected chi connectivity index (χ3v) is 6.17. The number of fused-ring (bicyclic) bond motifs is 2. The highest BCUT2D eigenvalue weighted by molar-refractivity contribution is 5.77. The first-order chi connectivity index (χ1) is 16.8. The normalized spacial score (nSPS) is 11.1. The number of imidazole rings is 1. The minimum atomic E-state index is -0.344. The molecule has 0 amide bonds. The molecule has 4 aromatic rings. The standard InChI is InChI=1S/C25H30N8O2/c1-6-7-13-32-22-21(29-25(32)30(4)12-8-11-26)23(34)31(5)33(24(22)35)15-18-9-10-19-20(14-18)28-17(3)16(2)27-19/h9-10,14H,8,11-13,15,26H2,1-5H3. The van der Waals surface area contributed by atoms with E-state index in [4.69, 9.17) is 5.73 Å². The van der Waals surface area contributed by atoms with Gasteiger partial charge in [-0.15, -0.1) is 5.92 Å². The van der Waals surface area contributed by atoms with Crippen molar-refractivity contribution < 1.29 is 0 Å². The number of aromatic nitrogens is 6. The minimum absolute atomic E-state index is 0.136. The summed E-state index contributed by atoms with van der Waals surface area (Å²) < 4.78 is 4.48. The molecule has 0 bridgehead atoms. The van der Waals surface area contributed by atoms with E-state index in [0.29, 0.717) is 19.0 Å². The van der Waals surface area contributed by atoms with Crippen LogP contribution in [0.1, 0.15) is 30.3 Å². The van der Waals surface area contributed by atoms with E-state index >= 15 is 0 Å². The minimum Gasteiger partial charge on any atom is -0.345 e. The molecule has 182 valence electrons. The Hall–Kier alpha value is -3.97. The SMILES string of the molecule is CC#CCn1c(N(C)CCCN)nc2c(=O)n(C)n(Cc3ccc4nc(C)c(C)nc4c3)c(=O)c21. The molecule has 0 aliphatic carbocycles. The number of hydrogen-bond acceptors (Lipinski definition) is 7. The number of aryl methyl sites for hydroxylation is 2. The third-order valence-electron chi connectivity index (χ3n) is 6.17. The largest absolute Gasteiger partial charge is 0.345 e. The first-order valence-electron chi connectivity index (χ1n) is 11.5. The highest BCUT2D eigenvalue weighted by Crippen LogP contribution is 2.19. The number of rotatable bonds is 7. The summed E-state index contributed by atoms with van der Waals surface area (Å²) in [6.07, 6.45) is 0.755. The summed E-state index contributed by atoms with van der Waals surface area (Å²) in [7, 11) is 3.45. The van der Waals surface area contributed by atoms with Gasteiger partial charge in [-0.05, 0) is 51.4 Å². The molecule has 4 rings (SSSR count). The highest BCUT2D eigenvalue weighted by atomic mass is 16.2. The summed E-state index contributed by atoms with van der Waals surface area (Å²) >= 11 is 0. The van der Waals surface area contributed by atoms with Gasteiger partial charge in [0.1, 0.15) is 5.52 Å². The molecule has 0 atom stereocenters. The fraction of sp³-hybridized carbons (Fsp3) is 0.400. The Kier molecular flexibility index (Phi) is 6.71. The van der Waals surface area contributed by atoms with Crippen LogP contribution in [0.4, 0.5) is 5.95 Å². The van der Waals surface area contributed by atoms with Crippen molar-refractivity contribution in [3.05, 3.63) is 55.9 Å². The molecule has 10 heteroatoms. The molecular formula is C25H30N8O2. The van der Waals surface area contributed by atoms with Crippen molar-refractivity contribution in [3.63, 3.8) is 0 Å². The van der Waals surface area contributed by atoms with Gasteiger partial charge >= 0.3 is 0 Å². The third kappa shape index (κ3) is 4.42. The van der Waals surface area contributed by atoms with Crippen LogP contribution in [0.5, 0.6) is 0 Å². The maximum absolute atomic E-state index is 13.7. The Morgan fingerprint density at radius 3 is 2.46 bits per heavy atom. The second-order valence-corrected chi connectivity index (χ2v) is 8.59. The average Bonchev–Trinajstić information content (AvgIpc) is 3.23. The molecule has 3 aromatic heterocycles. The van der Waals surface area contributed by atoms with Crippen LogP contribution in [0, 0.1) is 25.7 Å². The maximum atomic E-state index is 13.7. The zero-order valence-electron chi connectivity index (χ0n) is 20.8. The van der Waals surface area contributed by atoms with Crippen molar-refractivity contribution in [1.29, 1.82) is 0 Å². The van der Waals surface area contributed by atoms with Gasteiger partial charge in [0.05, 0.1) is 35.5 Å². The molecule has 0 fully saturated rings. The lowest BCUT2D eigenvalue weighted by molar-refractivity contribution is 0.502. The Morgan fingerprint density at radius 1 is 1.06 bits per heavy atom. The van der Waals surface area contributed by atoms with E-state index in [1.165, 1.54) is 9.36 Å². The molecule has 3 heterocycles. The second-order valence-electron chi connectivity index (χ2n) is 8.59. The van der Waals surface area contributed by atoms with Crippen LogP contribution in [0.15, 0.2) is 27.8 Å². The van der Waals surface area contributed by atoms with Gasteiger partial charge < -0.3 is 10.6 Å². The van der Waals surface area contributed by atoms with Gasteiger partial charge in [-0.2, -0.15) is 0 Å². The lowest BCUT2D eigenvalue weighted by atomic mass is 10.2. The Labute approximate surface area is 203 Å². The molecule has 35 heavy (non-hydrogen) atoms. The monoisotopic (exact) mass is 474 g/mol. The van der Waals surface area contributed by atoms with Crippen molar-refractivity contribution in [2.24, 2.45) is 12.8 Å². The number of anilines is 1. The summed E-state index contributed by atoms with van der Waals surface area (Å²) in [5.41, 5.74) is 9.51. The van der Waals surface area contributed by atoms with E-state index in [9.17, 15) is 9.59 Å². The van der Waals surface area contributed by atoms with E-state index < -0.39 is 0 Å². The van der Waals surface area contributed by atoms with Gasteiger partial charge in [-0.1, -0.05) is 12.0 Å². The van der Waals surface area contributed by atoms with E-state index in [1.54, 1.807) is 18.5 Å². The molecular weight excluding hydrogens is 444 g/mol. The Bertz CT molecular complexity index is 1600. The van der Waals surface area contributed by atoms with Gasteiger partial charge in [0, 0.05) is 20.6 Å². The van der Waals surface area contributed by atoms with Crippen LogP contribution in [-0.4, -0.2) is 49.0 Å². The summed E-state index contributed by atoms with van der Waals surface area (Å²) in [4.78, 5) is 42.7. The van der Waals surface area contributed by atoms with Crippen LogP contribution >= 0.6 is 0 Å². The second kappa shape index (κ2) is 9.72. The van der Waals surface area contributed by atoms with E-state index in [2.05, 4.69) is 26.8 Å². The molecule has 0 spiro atoms. The molecule has 0 saturated heterocycles. The molecule has 10 nitrogen and oxygen atoms in total. The molecule has 0 radical (unpaired) electrons. The number of nitrogens with zero attached hydrogens (tertiary/aromatic N) is 7. The summed E-state index contributed by atoms with van der Waals surface area (Å²) in [5, 5.41) is 0.